The third-order valence-electron chi connectivity index (χ3n) is 0.814. The van der Waals surface area contributed by atoms with Crippen molar-refractivity contribution in [2.24, 2.45) is 0 Å². The molecule has 1 heterocycles. The summed E-state index contributed by atoms with van der Waals surface area (Å²) in [6.07, 6.45) is 4.37. The minimum Gasteiger partial charge on any atom is -0.289 e. The van der Waals surface area contributed by atoms with Gasteiger partial charge in [-0.1, -0.05) is 11.6 Å². The van der Waals surface area contributed by atoms with Crippen LogP contribution in [-0.2, 0) is 0 Å². The number of hydrogen-bond donors (Lipinski definition) is 1. The van der Waals surface area contributed by atoms with Gasteiger partial charge in [-0.15, -0.1) is 0 Å². The second-order valence-corrected chi connectivity index (χ2v) is 1.82. The first-order valence-electron chi connectivity index (χ1n) is 2.30. The normalized spacial score (nSPS) is 9.00. The Morgan fingerprint density at radius 1 is 1.44 bits per heavy atom. The van der Waals surface area contributed by atoms with Gasteiger partial charge in [0, 0.05) is 18.0 Å². The largest absolute Gasteiger partial charge is 0.289 e. The van der Waals surface area contributed by atoms with Gasteiger partial charge in [0.2, 0.25) is 0 Å². The first-order chi connectivity index (χ1) is 4.30. The van der Waals surface area contributed by atoms with Crippen LogP contribution in [0.3, 0.4) is 0 Å². The van der Waals surface area contributed by atoms with Crippen LogP contribution in [0, 0.1) is 5.41 Å². The summed E-state index contributed by atoms with van der Waals surface area (Å²) >= 11 is 5.31. The predicted octanol–water partition coefficient (Wildman–Crippen LogP) is 1.04. The Hall–Kier alpha value is -0.960. The van der Waals surface area contributed by atoms with E-state index in [1.54, 1.807) is 0 Å². The highest BCUT2D eigenvalue weighted by atomic mass is 35.5. The number of hydrogen-bond acceptors (Lipinski definition) is 3. The van der Waals surface area contributed by atoms with Crippen LogP contribution < -0.4 is 0 Å². The Morgan fingerprint density at radius 3 is 2.33 bits per heavy atom. The summed E-state index contributed by atoms with van der Waals surface area (Å²) in [5, 5.41) is 6.89. The summed E-state index contributed by atoms with van der Waals surface area (Å²) in [6, 6.07) is 0. The third-order valence-corrected chi connectivity index (χ3v) is 1.03. The lowest BCUT2D eigenvalue weighted by Crippen LogP contribution is -1.89. The maximum atomic E-state index is 6.92. The SMILES string of the molecule is N=C(Cl)c1cncnc1. The van der Waals surface area contributed by atoms with Crippen molar-refractivity contribution in [1.29, 1.82) is 5.41 Å². The number of halogens is 1. The van der Waals surface area contributed by atoms with Gasteiger partial charge >= 0.3 is 0 Å². The van der Waals surface area contributed by atoms with Crippen LogP contribution in [0.15, 0.2) is 18.7 Å². The van der Waals surface area contributed by atoms with Crippen molar-refractivity contribution < 1.29 is 0 Å². The molecule has 0 amide bonds. The molecule has 0 unspecified atom stereocenters. The molecule has 1 aromatic heterocycles. The van der Waals surface area contributed by atoms with E-state index in [2.05, 4.69) is 9.97 Å². The average Bonchev–Trinajstić information content (AvgIpc) is 1.90. The molecule has 46 valence electrons. The van der Waals surface area contributed by atoms with Gasteiger partial charge in [-0.3, -0.25) is 5.41 Å². The standard InChI is InChI=1S/C5H4ClN3/c6-5(7)4-1-8-3-9-2-4/h1-3,7H. The highest BCUT2D eigenvalue weighted by Gasteiger charge is 1.93. The van der Waals surface area contributed by atoms with E-state index in [0.717, 1.165) is 0 Å². The van der Waals surface area contributed by atoms with E-state index in [1.165, 1.54) is 18.7 Å². The van der Waals surface area contributed by atoms with Crippen molar-refractivity contribution in [3.63, 3.8) is 0 Å². The fourth-order valence-corrected chi connectivity index (χ4v) is 0.510. The molecule has 0 spiro atoms. The predicted molar refractivity (Wildman–Crippen MR) is 34.7 cm³/mol. The van der Waals surface area contributed by atoms with Gasteiger partial charge in [-0.25, -0.2) is 9.97 Å². The molecule has 1 rings (SSSR count). The quantitative estimate of drug-likeness (QED) is 0.594. The van der Waals surface area contributed by atoms with Crippen LogP contribution >= 0.6 is 11.6 Å². The van der Waals surface area contributed by atoms with Crippen molar-refractivity contribution in [3.8, 4) is 0 Å². The lowest BCUT2D eigenvalue weighted by atomic mass is 10.4. The molecule has 0 bridgehead atoms. The molecule has 0 aliphatic heterocycles. The summed E-state index contributed by atoms with van der Waals surface area (Å²) in [7, 11) is 0. The van der Waals surface area contributed by atoms with Gasteiger partial charge < -0.3 is 0 Å². The molecule has 0 aromatic carbocycles. The van der Waals surface area contributed by atoms with Crippen molar-refractivity contribution >= 4 is 16.8 Å². The van der Waals surface area contributed by atoms with E-state index in [0.29, 0.717) is 5.56 Å². The fourth-order valence-electron chi connectivity index (χ4n) is 0.412. The minimum absolute atomic E-state index is 0.0319. The topological polar surface area (TPSA) is 49.6 Å². The van der Waals surface area contributed by atoms with E-state index >= 15 is 0 Å². The van der Waals surface area contributed by atoms with Crippen LogP contribution in [-0.4, -0.2) is 15.1 Å². The van der Waals surface area contributed by atoms with Crippen molar-refractivity contribution in [2.75, 3.05) is 0 Å². The Kier molecular flexibility index (Phi) is 1.75. The minimum atomic E-state index is -0.0319. The van der Waals surface area contributed by atoms with Crippen LogP contribution in [0.5, 0.6) is 0 Å². The molecule has 1 N–H and O–H groups in total. The third kappa shape index (κ3) is 1.47. The van der Waals surface area contributed by atoms with Gasteiger partial charge in [0.1, 0.15) is 11.5 Å². The summed E-state index contributed by atoms with van der Waals surface area (Å²) < 4.78 is 0. The molecule has 0 fully saturated rings. The van der Waals surface area contributed by atoms with Gasteiger partial charge in [-0.05, 0) is 0 Å². The Balaban J connectivity index is 2.98. The van der Waals surface area contributed by atoms with E-state index in [-0.39, 0.29) is 5.17 Å². The maximum absolute atomic E-state index is 6.92. The summed E-state index contributed by atoms with van der Waals surface area (Å²) in [4.78, 5) is 7.34. The molecule has 0 radical (unpaired) electrons. The molecular formula is C5H4ClN3. The molecule has 3 nitrogen and oxygen atoms in total. The Morgan fingerprint density at radius 2 is 2.00 bits per heavy atom. The summed E-state index contributed by atoms with van der Waals surface area (Å²) in [6.45, 7) is 0. The van der Waals surface area contributed by atoms with Gasteiger partial charge in [0.25, 0.3) is 0 Å². The van der Waals surface area contributed by atoms with Gasteiger partial charge in [0.05, 0.1) is 0 Å². The Labute approximate surface area is 57.2 Å². The smallest absolute Gasteiger partial charge is 0.131 e. The molecule has 4 heteroatoms. The lowest BCUT2D eigenvalue weighted by Gasteiger charge is -1.89. The average molecular weight is 142 g/mol. The highest BCUT2D eigenvalue weighted by molar-refractivity contribution is 6.68. The molecule has 0 aliphatic rings. The van der Waals surface area contributed by atoms with Gasteiger partial charge in [-0.2, -0.15) is 0 Å². The zero-order chi connectivity index (χ0) is 6.69. The number of nitrogens with one attached hydrogen (secondary N) is 1. The fraction of sp³-hybridized carbons (Fsp3) is 0. The molecule has 0 saturated heterocycles. The highest BCUT2D eigenvalue weighted by Crippen LogP contribution is 1.96. The van der Waals surface area contributed by atoms with Crippen LogP contribution in [0.2, 0.25) is 0 Å². The van der Waals surface area contributed by atoms with Crippen LogP contribution in [0.1, 0.15) is 5.56 Å². The number of rotatable bonds is 1. The van der Waals surface area contributed by atoms with E-state index in [4.69, 9.17) is 17.0 Å². The second kappa shape index (κ2) is 2.55. The first-order valence-corrected chi connectivity index (χ1v) is 2.68. The lowest BCUT2D eigenvalue weighted by molar-refractivity contribution is 1.16. The number of aromatic nitrogens is 2. The second-order valence-electron chi connectivity index (χ2n) is 1.44. The van der Waals surface area contributed by atoms with Crippen molar-refractivity contribution in [3.05, 3.63) is 24.3 Å². The molecule has 9 heavy (non-hydrogen) atoms. The molecule has 0 atom stereocenters. The maximum Gasteiger partial charge on any atom is 0.131 e. The van der Waals surface area contributed by atoms with Gasteiger partial charge in [0.15, 0.2) is 0 Å². The number of nitrogens with zero attached hydrogens (tertiary/aromatic N) is 2. The van der Waals surface area contributed by atoms with Crippen LogP contribution in [0.25, 0.3) is 0 Å². The van der Waals surface area contributed by atoms with E-state index < -0.39 is 0 Å². The molecule has 0 saturated carbocycles. The van der Waals surface area contributed by atoms with Crippen LogP contribution in [0.4, 0.5) is 0 Å². The molecule has 1 aromatic rings. The zero-order valence-electron chi connectivity index (χ0n) is 4.50. The van der Waals surface area contributed by atoms with E-state index in [9.17, 15) is 0 Å². The Bertz CT molecular complexity index is 209. The molecule has 0 aliphatic carbocycles. The van der Waals surface area contributed by atoms with Crippen molar-refractivity contribution in [1.82, 2.24) is 9.97 Å². The summed E-state index contributed by atoms with van der Waals surface area (Å²) in [5.74, 6) is 0. The summed E-state index contributed by atoms with van der Waals surface area (Å²) in [5.41, 5.74) is 0.541. The van der Waals surface area contributed by atoms with E-state index in [1.807, 2.05) is 0 Å². The monoisotopic (exact) mass is 141 g/mol. The first kappa shape index (κ1) is 6.16. The zero-order valence-corrected chi connectivity index (χ0v) is 5.26. The van der Waals surface area contributed by atoms with Crippen molar-refractivity contribution in [2.45, 2.75) is 0 Å². The molecular weight excluding hydrogens is 138 g/mol.